The van der Waals surface area contributed by atoms with Crippen molar-refractivity contribution in [3.63, 3.8) is 0 Å². The number of amides is 1. The molecule has 17 heavy (non-hydrogen) atoms. The molecule has 0 saturated carbocycles. The number of hydrogen-bond donors (Lipinski definition) is 2. The maximum atomic E-state index is 11.3. The molecular weight excluding hydrogens is 265 g/mol. The second-order valence-corrected chi connectivity index (χ2v) is 4.11. The summed E-state index contributed by atoms with van der Waals surface area (Å²) in [6.45, 7) is 0.386. The number of carbonyl (C=O) groups is 1. The summed E-state index contributed by atoms with van der Waals surface area (Å²) < 4.78 is 5.22. The van der Waals surface area contributed by atoms with Crippen LogP contribution in [0.15, 0.2) is 18.2 Å². The lowest BCUT2D eigenvalue weighted by molar-refractivity contribution is -0.123. The first-order valence-electron chi connectivity index (χ1n) is 5.09. The highest BCUT2D eigenvalue weighted by Crippen LogP contribution is 2.26. The van der Waals surface area contributed by atoms with E-state index in [1.165, 1.54) is 0 Å². The van der Waals surface area contributed by atoms with Crippen LogP contribution in [-0.2, 0) is 4.79 Å². The van der Waals surface area contributed by atoms with Gasteiger partial charge in [0.15, 0.2) is 6.61 Å². The standard InChI is InChI=1S/C11H13Cl2NO3/c12-9-3-2-8(6-10(9)13)17-7-11(16)14-4-1-5-15/h2-3,6,15H,1,4-5,7H2,(H,14,16). The number of benzene rings is 1. The van der Waals surface area contributed by atoms with Crippen LogP contribution < -0.4 is 10.1 Å². The van der Waals surface area contributed by atoms with Gasteiger partial charge < -0.3 is 15.2 Å². The minimum absolute atomic E-state index is 0.0495. The Morgan fingerprint density at radius 2 is 2.12 bits per heavy atom. The van der Waals surface area contributed by atoms with Gasteiger partial charge in [-0.1, -0.05) is 23.2 Å². The number of carbonyl (C=O) groups excluding carboxylic acids is 1. The summed E-state index contributed by atoms with van der Waals surface area (Å²) >= 11 is 11.5. The number of ether oxygens (including phenoxy) is 1. The van der Waals surface area contributed by atoms with Crippen molar-refractivity contribution < 1.29 is 14.6 Å². The molecule has 2 N–H and O–H groups in total. The number of halogens is 2. The van der Waals surface area contributed by atoms with Gasteiger partial charge in [-0.05, 0) is 18.6 Å². The fourth-order valence-electron chi connectivity index (χ4n) is 1.07. The van der Waals surface area contributed by atoms with Crippen LogP contribution >= 0.6 is 23.2 Å². The Hall–Kier alpha value is -0.970. The highest BCUT2D eigenvalue weighted by atomic mass is 35.5. The van der Waals surface area contributed by atoms with Crippen molar-refractivity contribution in [2.45, 2.75) is 6.42 Å². The Kier molecular flexibility index (Phi) is 6.11. The van der Waals surface area contributed by atoms with E-state index in [4.69, 9.17) is 33.0 Å². The van der Waals surface area contributed by atoms with Gasteiger partial charge in [-0.3, -0.25) is 4.79 Å². The van der Waals surface area contributed by atoms with Crippen molar-refractivity contribution >= 4 is 29.1 Å². The highest BCUT2D eigenvalue weighted by molar-refractivity contribution is 6.42. The molecular formula is C11H13Cl2NO3. The zero-order valence-electron chi connectivity index (χ0n) is 9.08. The smallest absolute Gasteiger partial charge is 0.257 e. The van der Waals surface area contributed by atoms with Crippen LogP contribution in [0.25, 0.3) is 0 Å². The van der Waals surface area contributed by atoms with E-state index < -0.39 is 0 Å². The van der Waals surface area contributed by atoms with E-state index in [9.17, 15) is 4.79 Å². The summed E-state index contributed by atoms with van der Waals surface area (Å²) in [5, 5.41) is 11.9. The topological polar surface area (TPSA) is 58.6 Å². The van der Waals surface area contributed by atoms with Crippen molar-refractivity contribution in [2.24, 2.45) is 0 Å². The van der Waals surface area contributed by atoms with Crippen molar-refractivity contribution in [3.8, 4) is 5.75 Å². The normalized spacial score (nSPS) is 10.1. The van der Waals surface area contributed by atoms with Crippen LogP contribution in [-0.4, -0.2) is 30.8 Å². The molecule has 0 aromatic heterocycles. The molecule has 0 aliphatic carbocycles. The SMILES string of the molecule is O=C(COc1ccc(Cl)c(Cl)c1)NCCCO. The van der Waals surface area contributed by atoms with Crippen molar-refractivity contribution in [2.75, 3.05) is 19.8 Å². The monoisotopic (exact) mass is 277 g/mol. The number of rotatable bonds is 6. The maximum Gasteiger partial charge on any atom is 0.257 e. The van der Waals surface area contributed by atoms with Gasteiger partial charge in [-0.25, -0.2) is 0 Å². The van der Waals surface area contributed by atoms with E-state index in [1.807, 2.05) is 0 Å². The predicted molar refractivity (Wildman–Crippen MR) is 66.7 cm³/mol. The molecule has 1 rings (SSSR count). The third kappa shape index (κ3) is 5.26. The minimum Gasteiger partial charge on any atom is -0.484 e. The third-order valence-electron chi connectivity index (χ3n) is 1.92. The molecule has 0 radical (unpaired) electrons. The van der Waals surface area contributed by atoms with Gasteiger partial charge in [0.1, 0.15) is 5.75 Å². The lowest BCUT2D eigenvalue weighted by Crippen LogP contribution is -2.30. The molecule has 0 atom stereocenters. The van der Waals surface area contributed by atoms with Gasteiger partial charge in [0.2, 0.25) is 0 Å². The zero-order valence-corrected chi connectivity index (χ0v) is 10.6. The molecule has 1 aromatic rings. The lowest BCUT2D eigenvalue weighted by Gasteiger charge is -2.07. The van der Waals surface area contributed by atoms with Crippen LogP contribution in [0.3, 0.4) is 0 Å². The number of nitrogens with one attached hydrogen (secondary N) is 1. The summed E-state index contributed by atoms with van der Waals surface area (Å²) in [7, 11) is 0. The molecule has 0 fully saturated rings. The summed E-state index contributed by atoms with van der Waals surface area (Å²) in [5.41, 5.74) is 0. The maximum absolute atomic E-state index is 11.3. The molecule has 4 nitrogen and oxygen atoms in total. The van der Waals surface area contributed by atoms with Gasteiger partial charge in [0.05, 0.1) is 10.0 Å². The zero-order chi connectivity index (χ0) is 12.7. The van der Waals surface area contributed by atoms with Gasteiger partial charge in [-0.15, -0.1) is 0 Å². The number of hydrogen-bond acceptors (Lipinski definition) is 3. The molecule has 1 amide bonds. The Bertz CT molecular complexity index is 385. The van der Waals surface area contributed by atoms with Crippen LogP contribution in [0, 0.1) is 0 Å². The van der Waals surface area contributed by atoms with E-state index in [2.05, 4.69) is 5.32 Å². The molecule has 0 bridgehead atoms. The van der Waals surface area contributed by atoms with Crippen molar-refractivity contribution in [1.82, 2.24) is 5.32 Å². The molecule has 1 aromatic carbocycles. The van der Waals surface area contributed by atoms with Crippen LogP contribution in [0.5, 0.6) is 5.75 Å². The summed E-state index contributed by atoms with van der Waals surface area (Å²) in [6, 6.07) is 4.78. The number of aliphatic hydroxyl groups excluding tert-OH is 1. The summed E-state index contributed by atoms with van der Waals surface area (Å²) in [6.07, 6.45) is 0.526. The van der Waals surface area contributed by atoms with Gasteiger partial charge in [0.25, 0.3) is 5.91 Å². The van der Waals surface area contributed by atoms with Crippen LogP contribution in [0.4, 0.5) is 0 Å². The Labute approximate surface area is 109 Å². The van der Waals surface area contributed by atoms with E-state index in [0.29, 0.717) is 28.8 Å². The largest absolute Gasteiger partial charge is 0.484 e. The molecule has 0 saturated heterocycles. The van der Waals surface area contributed by atoms with Gasteiger partial charge >= 0.3 is 0 Å². The van der Waals surface area contributed by atoms with E-state index in [1.54, 1.807) is 18.2 Å². The average Bonchev–Trinajstić information content (AvgIpc) is 2.31. The molecule has 6 heteroatoms. The van der Waals surface area contributed by atoms with E-state index in [0.717, 1.165) is 0 Å². The fraction of sp³-hybridized carbons (Fsp3) is 0.364. The fourth-order valence-corrected chi connectivity index (χ4v) is 1.36. The van der Waals surface area contributed by atoms with E-state index in [-0.39, 0.29) is 19.1 Å². The molecule has 0 aliphatic rings. The molecule has 0 aliphatic heterocycles. The van der Waals surface area contributed by atoms with E-state index >= 15 is 0 Å². The lowest BCUT2D eigenvalue weighted by atomic mass is 10.3. The third-order valence-corrected chi connectivity index (χ3v) is 2.66. The first kappa shape index (κ1) is 14.1. The van der Waals surface area contributed by atoms with Gasteiger partial charge in [-0.2, -0.15) is 0 Å². The van der Waals surface area contributed by atoms with Gasteiger partial charge in [0, 0.05) is 19.2 Å². The first-order chi connectivity index (χ1) is 8.13. The minimum atomic E-state index is -0.246. The summed E-state index contributed by atoms with van der Waals surface area (Å²) in [4.78, 5) is 11.3. The average molecular weight is 278 g/mol. The molecule has 0 heterocycles. The number of aliphatic hydroxyl groups is 1. The highest BCUT2D eigenvalue weighted by Gasteiger charge is 2.04. The quantitative estimate of drug-likeness (QED) is 0.781. The molecule has 0 unspecified atom stereocenters. The Balaban J connectivity index is 2.34. The van der Waals surface area contributed by atoms with Crippen molar-refractivity contribution in [3.05, 3.63) is 28.2 Å². The molecule has 0 spiro atoms. The summed E-state index contributed by atoms with van der Waals surface area (Å²) in [5.74, 6) is 0.237. The second kappa shape index (κ2) is 7.37. The Morgan fingerprint density at radius 1 is 1.35 bits per heavy atom. The predicted octanol–water partition coefficient (Wildman–Crippen LogP) is 1.87. The second-order valence-electron chi connectivity index (χ2n) is 3.29. The Morgan fingerprint density at radius 3 is 2.76 bits per heavy atom. The first-order valence-corrected chi connectivity index (χ1v) is 5.84. The molecule has 94 valence electrons. The van der Waals surface area contributed by atoms with Crippen molar-refractivity contribution in [1.29, 1.82) is 0 Å². The van der Waals surface area contributed by atoms with Crippen LogP contribution in [0.2, 0.25) is 10.0 Å². The van der Waals surface area contributed by atoms with Crippen LogP contribution in [0.1, 0.15) is 6.42 Å².